The number of rotatable bonds is 2. The van der Waals surface area contributed by atoms with Crippen molar-refractivity contribution in [1.29, 1.82) is 0 Å². The lowest BCUT2D eigenvalue weighted by Gasteiger charge is -2.38. The minimum Gasteiger partial charge on any atom is -0.374 e. The molecule has 1 aromatic carbocycles. The molecule has 2 heterocycles. The number of hydrogen-bond acceptors (Lipinski definition) is 3. The summed E-state index contributed by atoms with van der Waals surface area (Å²) >= 11 is 3.48. The summed E-state index contributed by atoms with van der Waals surface area (Å²) in [7, 11) is 0. The highest BCUT2D eigenvalue weighted by atomic mass is 79.9. The van der Waals surface area contributed by atoms with Crippen molar-refractivity contribution in [2.45, 2.75) is 32.2 Å². The molecule has 4 heteroatoms. The predicted octanol–water partition coefficient (Wildman–Crippen LogP) is 3.59. The SMILES string of the molecule is CC(C)(c1ccccc1)N1Cc2c(ccnc2Br)C1O. The van der Waals surface area contributed by atoms with Gasteiger partial charge in [-0.25, -0.2) is 4.98 Å². The van der Waals surface area contributed by atoms with Gasteiger partial charge in [-0.1, -0.05) is 30.3 Å². The molecule has 0 spiro atoms. The van der Waals surface area contributed by atoms with Crippen molar-refractivity contribution in [3.05, 3.63) is 63.9 Å². The molecule has 20 heavy (non-hydrogen) atoms. The van der Waals surface area contributed by atoms with Gasteiger partial charge in [-0.2, -0.15) is 0 Å². The van der Waals surface area contributed by atoms with E-state index in [-0.39, 0.29) is 5.54 Å². The Balaban J connectivity index is 2.00. The predicted molar refractivity (Wildman–Crippen MR) is 81.9 cm³/mol. The number of benzene rings is 1. The highest BCUT2D eigenvalue weighted by Gasteiger charge is 2.40. The molecule has 1 unspecified atom stereocenters. The Morgan fingerprint density at radius 2 is 1.95 bits per heavy atom. The first-order valence-electron chi connectivity index (χ1n) is 6.65. The van der Waals surface area contributed by atoms with E-state index in [0.29, 0.717) is 6.54 Å². The van der Waals surface area contributed by atoms with Crippen molar-refractivity contribution in [1.82, 2.24) is 9.88 Å². The summed E-state index contributed by atoms with van der Waals surface area (Å²) in [6, 6.07) is 12.2. The van der Waals surface area contributed by atoms with Crippen molar-refractivity contribution >= 4 is 15.9 Å². The molecule has 1 aliphatic heterocycles. The van der Waals surface area contributed by atoms with Gasteiger partial charge in [-0.3, -0.25) is 4.90 Å². The second-order valence-corrected chi connectivity index (χ2v) is 6.35. The molecule has 0 aliphatic carbocycles. The zero-order valence-electron chi connectivity index (χ0n) is 11.5. The van der Waals surface area contributed by atoms with E-state index in [1.807, 2.05) is 24.3 Å². The lowest BCUT2D eigenvalue weighted by molar-refractivity contribution is -0.0533. The lowest BCUT2D eigenvalue weighted by atomic mass is 9.92. The second-order valence-electron chi connectivity index (χ2n) is 5.60. The van der Waals surface area contributed by atoms with Crippen LogP contribution in [-0.2, 0) is 12.1 Å². The number of pyridine rings is 1. The first kappa shape index (κ1) is 13.7. The topological polar surface area (TPSA) is 36.4 Å². The lowest BCUT2D eigenvalue weighted by Crippen LogP contribution is -2.40. The Bertz CT molecular complexity index is 628. The van der Waals surface area contributed by atoms with E-state index in [1.54, 1.807) is 6.20 Å². The van der Waals surface area contributed by atoms with Crippen LogP contribution in [0.15, 0.2) is 47.2 Å². The molecule has 1 aliphatic rings. The van der Waals surface area contributed by atoms with Crippen molar-refractivity contribution in [3.63, 3.8) is 0 Å². The second kappa shape index (κ2) is 4.95. The molecule has 0 saturated carbocycles. The number of aliphatic hydroxyl groups excluding tert-OH is 1. The van der Waals surface area contributed by atoms with E-state index in [2.05, 4.69) is 51.8 Å². The number of aromatic nitrogens is 1. The third-order valence-electron chi connectivity index (χ3n) is 4.14. The standard InChI is InChI=1S/C16H17BrN2O/c1-16(2,11-6-4-3-5-7-11)19-10-13-12(15(19)20)8-9-18-14(13)17/h3-9,15,20H,10H2,1-2H3. The largest absolute Gasteiger partial charge is 0.374 e. The van der Waals surface area contributed by atoms with Gasteiger partial charge in [0.25, 0.3) is 0 Å². The minimum atomic E-state index is -0.598. The molecule has 1 N–H and O–H groups in total. The molecular formula is C16H17BrN2O. The molecule has 2 aromatic rings. The molecule has 0 amide bonds. The average Bonchev–Trinajstić information content (AvgIpc) is 2.80. The van der Waals surface area contributed by atoms with E-state index < -0.39 is 6.23 Å². The van der Waals surface area contributed by atoms with E-state index in [4.69, 9.17) is 0 Å². The Kier molecular flexibility index (Phi) is 3.40. The summed E-state index contributed by atoms with van der Waals surface area (Å²) < 4.78 is 0.820. The van der Waals surface area contributed by atoms with Crippen LogP contribution in [0.2, 0.25) is 0 Å². The third kappa shape index (κ3) is 2.08. The fourth-order valence-electron chi connectivity index (χ4n) is 2.82. The molecule has 0 saturated heterocycles. The van der Waals surface area contributed by atoms with Crippen LogP contribution in [0.3, 0.4) is 0 Å². The Hall–Kier alpha value is -1.23. The number of nitrogens with zero attached hydrogens (tertiary/aromatic N) is 2. The van der Waals surface area contributed by atoms with E-state index in [1.165, 1.54) is 5.56 Å². The minimum absolute atomic E-state index is 0.251. The first-order chi connectivity index (χ1) is 9.51. The highest BCUT2D eigenvalue weighted by molar-refractivity contribution is 9.10. The zero-order chi connectivity index (χ0) is 14.3. The molecular weight excluding hydrogens is 316 g/mol. The third-order valence-corrected chi connectivity index (χ3v) is 4.82. The molecule has 0 bridgehead atoms. The maximum atomic E-state index is 10.6. The Labute approximate surface area is 127 Å². The van der Waals surface area contributed by atoms with Crippen LogP contribution in [0.25, 0.3) is 0 Å². The number of halogens is 1. The quantitative estimate of drug-likeness (QED) is 0.854. The van der Waals surface area contributed by atoms with Crippen LogP contribution in [0.1, 0.15) is 36.8 Å². The van der Waals surface area contributed by atoms with E-state index >= 15 is 0 Å². The Morgan fingerprint density at radius 3 is 2.60 bits per heavy atom. The van der Waals surface area contributed by atoms with Gasteiger partial charge in [0.1, 0.15) is 10.8 Å². The van der Waals surface area contributed by atoms with Gasteiger partial charge in [0.15, 0.2) is 0 Å². The fourth-order valence-corrected chi connectivity index (χ4v) is 3.29. The van der Waals surface area contributed by atoms with Crippen molar-refractivity contribution in [3.8, 4) is 0 Å². The van der Waals surface area contributed by atoms with Gasteiger partial charge < -0.3 is 5.11 Å². The monoisotopic (exact) mass is 332 g/mol. The van der Waals surface area contributed by atoms with Crippen LogP contribution in [0.5, 0.6) is 0 Å². The molecule has 1 aromatic heterocycles. The van der Waals surface area contributed by atoms with Gasteiger partial charge >= 0.3 is 0 Å². The first-order valence-corrected chi connectivity index (χ1v) is 7.44. The number of fused-ring (bicyclic) bond motifs is 1. The summed E-state index contributed by atoms with van der Waals surface area (Å²) in [5.41, 5.74) is 2.95. The van der Waals surface area contributed by atoms with Crippen LogP contribution < -0.4 is 0 Å². The summed E-state index contributed by atoms with van der Waals surface area (Å²) in [6.07, 6.45) is 1.13. The molecule has 0 radical (unpaired) electrons. The summed E-state index contributed by atoms with van der Waals surface area (Å²) in [4.78, 5) is 6.35. The smallest absolute Gasteiger partial charge is 0.135 e. The normalized spacial score (nSPS) is 19.1. The fraction of sp³-hybridized carbons (Fsp3) is 0.312. The van der Waals surface area contributed by atoms with Gasteiger partial charge in [0, 0.05) is 29.4 Å². The van der Waals surface area contributed by atoms with Gasteiger partial charge in [0.2, 0.25) is 0 Å². The maximum absolute atomic E-state index is 10.6. The number of hydrogen-bond donors (Lipinski definition) is 1. The summed E-state index contributed by atoms with van der Waals surface area (Å²) in [6.45, 7) is 4.96. The van der Waals surface area contributed by atoms with Crippen molar-refractivity contribution < 1.29 is 5.11 Å². The van der Waals surface area contributed by atoms with E-state index in [0.717, 1.165) is 15.7 Å². The van der Waals surface area contributed by atoms with Gasteiger partial charge in [-0.15, -0.1) is 0 Å². The summed E-state index contributed by atoms with van der Waals surface area (Å²) in [5.74, 6) is 0. The average molecular weight is 333 g/mol. The van der Waals surface area contributed by atoms with Crippen LogP contribution in [-0.4, -0.2) is 15.0 Å². The highest BCUT2D eigenvalue weighted by Crippen LogP contribution is 2.42. The summed E-state index contributed by atoms with van der Waals surface area (Å²) in [5, 5.41) is 10.6. The zero-order valence-corrected chi connectivity index (χ0v) is 13.1. The molecule has 3 nitrogen and oxygen atoms in total. The van der Waals surface area contributed by atoms with Crippen LogP contribution in [0.4, 0.5) is 0 Å². The van der Waals surface area contributed by atoms with Crippen molar-refractivity contribution in [2.75, 3.05) is 0 Å². The van der Waals surface area contributed by atoms with Crippen LogP contribution >= 0.6 is 15.9 Å². The molecule has 3 rings (SSSR count). The molecule has 0 fully saturated rings. The van der Waals surface area contributed by atoms with Crippen molar-refractivity contribution in [2.24, 2.45) is 0 Å². The van der Waals surface area contributed by atoms with E-state index in [9.17, 15) is 5.11 Å². The van der Waals surface area contributed by atoms with Crippen LogP contribution in [0, 0.1) is 0 Å². The molecule has 1 atom stereocenters. The molecule has 104 valence electrons. The number of aliphatic hydroxyl groups is 1. The maximum Gasteiger partial charge on any atom is 0.135 e. The van der Waals surface area contributed by atoms with Gasteiger partial charge in [-0.05, 0) is 41.4 Å². The Morgan fingerprint density at radius 1 is 1.25 bits per heavy atom. The van der Waals surface area contributed by atoms with Gasteiger partial charge in [0.05, 0.1) is 0 Å².